The summed E-state index contributed by atoms with van der Waals surface area (Å²) < 4.78 is 14.6. The number of benzene rings is 1. The van der Waals surface area contributed by atoms with Crippen molar-refractivity contribution in [2.75, 3.05) is 24.5 Å². The lowest BCUT2D eigenvalue weighted by Gasteiger charge is -2.49. The summed E-state index contributed by atoms with van der Waals surface area (Å²) in [6, 6.07) is 6.14. The van der Waals surface area contributed by atoms with Crippen LogP contribution in [0.3, 0.4) is 0 Å². The molecule has 0 bridgehead atoms. The van der Waals surface area contributed by atoms with Gasteiger partial charge in [-0.05, 0) is 59.9 Å². The van der Waals surface area contributed by atoms with Crippen LogP contribution in [0, 0.1) is 5.82 Å². The molecule has 2 aliphatic rings. The standard InChI is InChI=1S/C16H22BrFN2/c1-2-13-10-19-8-4-3-5-14(19)11-20(13)16-9-12(18)6-7-15(16)17/h6-7,9,13-14H,2-5,8,10-11H2,1H3. The monoisotopic (exact) mass is 340 g/mol. The Morgan fingerprint density at radius 2 is 2.15 bits per heavy atom. The van der Waals surface area contributed by atoms with Gasteiger partial charge in [0.1, 0.15) is 5.82 Å². The van der Waals surface area contributed by atoms with Gasteiger partial charge in [-0.3, -0.25) is 4.90 Å². The molecule has 2 saturated heterocycles. The van der Waals surface area contributed by atoms with Crippen molar-refractivity contribution >= 4 is 21.6 Å². The van der Waals surface area contributed by atoms with Crippen LogP contribution in [-0.2, 0) is 0 Å². The highest BCUT2D eigenvalue weighted by Gasteiger charge is 2.34. The topological polar surface area (TPSA) is 6.48 Å². The summed E-state index contributed by atoms with van der Waals surface area (Å²) in [5, 5.41) is 0. The van der Waals surface area contributed by atoms with Crippen molar-refractivity contribution in [3.05, 3.63) is 28.5 Å². The van der Waals surface area contributed by atoms with Gasteiger partial charge in [0.25, 0.3) is 0 Å². The van der Waals surface area contributed by atoms with E-state index in [2.05, 4.69) is 32.7 Å². The molecule has 0 amide bonds. The normalized spacial score (nSPS) is 27.4. The van der Waals surface area contributed by atoms with Crippen LogP contribution in [0.25, 0.3) is 0 Å². The maximum atomic E-state index is 13.6. The van der Waals surface area contributed by atoms with E-state index in [0.29, 0.717) is 12.1 Å². The zero-order valence-electron chi connectivity index (χ0n) is 12.0. The third-order valence-corrected chi connectivity index (χ3v) is 5.40. The Morgan fingerprint density at radius 3 is 2.95 bits per heavy atom. The van der Waals surface area contributed by atoms with Gasteiger partial charge in [0.2, 0.25) is 0 Å². The van der Waals surface area contributed by atoms with E-state index < -0.39 is 0 Å². The first-order valence-electron chi connectivity index (χ1n) is 7.64. The van der Waals surface area contributed by atoms with E-state index in [-0.39, 0.29) is 5.82 Å². The van der Waals surface area contributed by atoms with Crippen LogP contribution in [0.2, 0.25) is 0 Å². The molecule has 0 N–H and O–H groups in total. The van der Waals surface area contributed by atoms with Crippen molar-refractivity contribution in [2.24, 2.45) is 0 Å². The fourth-order valence-corrected chi connectivity index (χ4v) is 4.08. The molecule has 1 aromatic rings. The average Bonchev–Trinajstić information content (AvgIpc) is 2.48. The molecule has 2 unspecified atom stereocenters. The molecule has 0 radical (unpaired) electrons. The summed E-state index contributed by atoms with van der Waals surface area (Å²) in [7, 11) is 0. The zero-order chi connectivity index (χ0) is 14.1. The van der Waals surface area contributed by atoms with Gasteiger partial charge in [-0.2, -0.15) is 0 Å². The van der Waals surface area contributed by atoms with Crippen molar-refractivity contribution in [2.45, 2.75) is 44.7 Å². The Labute approximate surface area is 129 Å². The van der Waals surface area contributed by atoms with Gasteiger partial charge in [0.05, 0.1) is 5.69 Å². The minimum absolute atomic E-state index is 0.149. The molecule has 0 saturated carbocycles. The second kappa shape index (κ2) is 6.02. The molecule has 0 spiro atoms. The Kier molecular flexibility index (Phi) is 4.32. The molecule has 0 aromatic heterocycles. The number of anilines is 1. The summed E-state index contributed by atoms with van der Waals surface area (Å²) in [5.41, 5.74) is 1.02. The van der Waals surface area contributed by atoms with E-state index >= 15 is 0 Å². The molecule has 2 aliphatic heterocycles. The number of hydrogen-bond acceptors (Lipinski definition) is 2. The Hall–Kier alpha value is -0.610. The third-order valence-electron chi connectivity index (χ3n) is 4.73. The number of halogens is 2. The van der Waals surface area contributed by atoms with Gasteiger partial charge in [-0.25, -0.2) is 4.39 Å². The third kappa shape index (κ3) is 2.73. The highest BCUT2D eigenvalue weighted by Crippen LogP contribution is 2.34. The SMILES string of the molecule is CCC1CN2CCCCC2CN1c1cc(F)ccc1Br. The molecule has 2 atom stereocenters. The van der Waals surface area contributed by atoms with Crippen LogP contribution < -0.4 is 4.90 Å². The van der Waals surface area contributed by atoms with Gasteiger partial charge in [-0.15, -0.1) is 0 Å². The smallest absolute Gasteiger partial charge is 0.125 e. The van der Waals surface area contributed by atoms with Crippen molar-refractivity contribution < 1.29 is 4.39 Å². The molecule has 0 aliphatic carbocycles. The molecule has 3 rings (SSSR count). The number of nitrogens with zero attached hydrogens (tertiary/aromatic N) is 2. The number of piperidine rings is 1. The van der Waals surface area contributed by atoms with Crippen molar-refractivity contribution in [3.63, 3.8) is 0 Å². The first-order chi connectivity index (χ1) is 9.69. The zero-order valence-corrected chi connectivity index (χ0v) is 13.6. The second-order valence-electron chi connectivity index (χ2n) is 5.95. The molecular weight excluding hydrogens is 319 g/mol. The number of fused-ring (bicyclic) bond motifs is 1. The molecule has 1 aromatic carbocycles. The van der Waals surface area contributed by atoms with Crippen LogP contribution in [0.15, 0.2) is 22.7 Å². The fourth-order valence-electron chi connectivity index (χ4n) is 3.60. The van der Waals surface area contributed by atoms with Gasteiger partial charge < -0.3 is 4.90 Å². The van der Waals surface area contributed by atoms with Crippen LogP contribution in [0.5, 0.6) is 0 Å². The molecule has 110 valence electrons. The second-order valence-corrected chi connectivity index (χ2v) is 6.81. The lowest BCUT2D eigenvalue weighted by atomic mass is 9.95. The van der Waals surface area contributed by atoms with Crippen LogP contribution in [-0.4, -0.2) is 36.6 Å². The Bertz CT molecular complexity index is 480. The predicted octanol–water partition coefficient (Wildman–Crippen LogP) is 4.04. The highest BCUT2D eigenvalue weighted by atomic mass is 79.9. The first kappa shape index (κ1) is 14.3. The molecule has 20 heavy (non-hydrogen) atoms. The average molecular weight is 341 g/mol. The van der Waals surface area contributed by atoms with Gasteiger partial charge >= 0.3 is 0 Å². The van der Waals surface area contributed by atoms with Crippen LogP contribution in [0.1, 0.15) is 32.6 Å². The minimum Gasteiger partial charge on any atom is -0.365 e. The van der Waals surface area contributed by atoms with Crippen LogP contribution in [0.4, 0.5) is 10.1 Å². The predicted molar refractivity (Wildman–Crippen MR) is 84.7 cm³/mol. The van der Waals surface area contributed by atoms with E-state index in [0.717, 1.165) is 29.7 Å². The van der Waals surface area contributed by atoms with Gasteiger partial charge in [0.15, 0.2) is 0 Å². The molecule has 4 heteroatoms. The lowest BCUT2D eigenvalue weighted by molar-refractivity contribution is 0.111. The molecule has 2 fully saturated rings. The molecule has 2 nitrogen and oxygen atoms in total. The number of hydrogen-bond donors (Lipinski definition) is 0. The first-order valence-corrected chi connectivity index (χ1v) is 8.44. The van der Waals surface area contributed by atoms with Crippen molar-refractivity contribution in [3.8, 4) is 0 Å². The minimum atomic E-state index is -0.149. The summed E-state index contributed by atoms with van der Waals surface area (Å²) in [4.78, 5) is 5.06. The van der Waals surface area contributed by atoms with E-state index in [1.807, 2.05) is 6.07 Å². The largest absolute Gasteiger partial charge is 0.365 e. The summed E-state index contributed by atoms with van der Waals surface area (Å²) >= 11 is 3.59. The molecular formula is C16H22BrFN2. The van der Waals surface area contributed by atoms with E-state index in [9.17, 15) is 4.39 Å². The quantitative estimate of drug-likeness (QED) is 0.801. The summed E-state index contributed by atoms with van der Waals surface area (Å²) in [6.07, 6.45) is 5.04. The molecule has 2 heterocycles. The lowest BCUT2D eigenvalue weighted by Crippen LogP contribution is -2.59. The number of piperazine rings is 1. The van der Waals surface area contributed by atoms with E-state index in [1.165, 1.54) is 31.9 Å². The van der Waals surface area contributed by atoms with Crippen molar-refractivity contribution in [1.29, 1.82) is 0 Å². The Balaban J connectivity index is 1.88. The fraction of sp³-hybridized carbons (Fsp3) is 0.625. The Morgan fingerprint density at radius 1 is 1.30 bits per heavy atom. The summed E-state index contributed by atoms with van der Waals surface area (Å²) in [5.74, 6) is -0.149. The number of rotatable bonds is 2. The van der Waals surface area contributed by atoms with Gasteiger partial charge in [-0.1, -0.05) is 13.3 Å². The maximum absolute atomic E-state index is 13.6. The van der Waals surface area contributed by atoms with Gasteiger partial charge in [0, 0.05) is 29.6 Å². The van der Waals surface area contributed by atoms with Crippen LogP contribution >= 0.6 is 15.9 Å². The summed E-state index contributed by atoms with van der Waals surface area (Å²) in [6.45, 7) is 5.61. The van der Waals surface area contributed by atoms with E-state index in [4.69, 9.17) is 0 Å². The van der Waals surface area contributed by atoms with Crippen molar-refractivity contribution in [1.82, 2.24) is 4.90 Å². The maximum Gasteiger partial charge on any atom is 0.125 e. The van der Waals surface area contributed by atoms with E-state index in [1.54, 1.807) is 6.07 Å². The highest BCUT2D eigenvalue weighted by molar-refractivity contribution is 9.10.